The molecule has 2 aliphatic rings. The van der Waals surface area contributed by atoms with E-state index in [1.54, 1.807) is 41.3 Å². The van der Waals surface area contributed by atoms with Crippen LogP contribution in [0.4, 0.5) is 11.4 Å². The van der Waals surface area contributed by atoms with E-state index in [1.165, 1.54) is 0 Å². The van der Waals surface area contributed by atoms with E-state index in [2.05, 4.69) is 17.3 Å². The van der Waals surface area contributed by atoms with E-state index < -0.39 is 0 Å². The number of piperazine rings is 1. The summed E-state index contributed by atoms with van der Waals surface area (Å²) in [5, 5.41) is 3.45. The second-order valence-electron chi connectivity index (χ2n) is 10.6. The van der Waals surface area contributed by atoms with Crippen molar-refractivity contribution in [2.45, 2.75) is 25.9 Å². The highest BCUT2D eigenvalue weighted by Gasteiger charge is 2.29. The quantitative estimate of drug-likeness (QED) is 0.439. The highest BCUT2D eigenvalue weighted by Crippen LogP contribution is 2.37. The van der Waals surface area contributed by atoms with E-state index in [-0.39, 0.29) is 30.4 Å². The number of nitrogens with zero attached hydrogens (tertiary/aromatic N) is 3. The van der Waals surface area contributed by atoms with Gasteiger partial charge in [-0.3, -0.25) is 14.4 Å². The van der Waals surface area contributed by atoms with Crippen molar-refractivity contribution in [1.29, 1.82) is 0 Å². The number of amides is 3. The van der Waals surface area contributed by atoms with E-state index in [4.69, 9.17) is 16.3 Å². The molecule has 0 radical (unpaired) electrons. The van der Waals surface area contributed by atoms with Gasteiger partial charge in [-0.15, -0.1) is 0 Å². The molecule has 41 heavy (non-hydrogen) atoms. The molecule has 8 nitrogen and oxygen atoms in total. The van der Waals surface area contributed by atoms with Gasteiger partial charge in [0.2, 0.25) is 5.91 Å². The summed E-state index contributed by atoms with van der Waals surface area (Å²) in [6, 6.07) is 19.8. The third-order valence-electron chi connectivity index (χ3n) is 7.76. The number of benzene rings is 3. The van der Waals surface area contributed by atoms with Crippen LogP contribution in [0.5, 0.6) is 0 Å². The van der Waals surface area contributed by atoms with Crippen LogP contribution in [0.25, 0.3) is 0 Å². The van der Waals surface area contributed by atoms with Crippen LogP contribution in [0.1, 0.15) is 50.8 Å². The van der Waals surface area contributed by atoms with Gasteiger partial charge in [0.1, 0.15) is 6.61 Å². The summed E-state index contributed by atoms with van der Waals surface area (Å²) in [5.41, 5.74) is 4.14. The highest BCUT2D eigenvalue weighted by atomic mass is 35.5. The van der Waals surface area contributed by atoms with Crippen LogP contribution in [0.15, 0.2) is 66.7 Å². The third kappa shape index (κ3) is 6.78. The summed E-state index contributed by atoms with van der Waals surface area (Å²) >= 11 is 6.38. The van der Waals surface area contributed by atoms with Crippen LogP contribution < -0.4 is 10.2 Å². The number of carbonyl (C=O) groups excluding carboxylic acids is 3. The average Bonchev–Trinajstić information content (AvgIpc) is 3.15. The number of hydrogen-bond acceptors (Lipinski definition) is 5. The van der Waals surface area contributed by atoms with Crippen molar-refractivity contribution >= 4 is 40.7 Å². The van der Waals surface area contributed by atoms with Gasteiger partial charge >= 0.3 is 0 Å². The fraction of sp³-hybridized carbons (Fsp3) is 0.344. The van der Waals surface area contributed by atoms with Gasteiger partial charge in [-0.05, 0) is 80.9 Å². The molecule has 0 aromatic heterocycles. The normalized spacial score (nSPS) is 17.5. The molecule has 1 N–H and O–H groups in total. The number of likely N-dealkylation sites (N-methyl/N-ethyl adjacent to an activating group) is 1. The first-order chi connectivity index (χ1) is 19.8. The van der Waals surface area contributed by atoms with Crippen molar-refractivity contribution in [3.63, 3.8) is 0 Å². The maximum absolute atomic E-state index is 13.7. The Morgan fingerprint density at radius 2 is 1.68 bits per heavy atom. The molecule has 3 amide bonds. The Bertz CT molecular complexity index is 1420. The van der Waals surface area contributed by atoms with Crippen molar-refractivity contribution < 1.29 is 19.1 Å². The van der Waals surface area contributed by atoms with Gasteiger partial charge < -0.3 is 24.8 Å². The van der Waals surface area contributed by atoms with Crippen LogP contribution in [0, 0.1) is 6.92 Å². The summed E-state index contributed by atoms with van der Waals surface area (Å²) < 4.78 is 6.18. The zero-order valence-electron chi connectivity index (χ0n) is 23.4. The third-order valence-corrected chi connectivity index (χ3v) is 8.00. The summed E-state index contributed by atoms with van der Waals surface area (Å²) in [7, 11) is 2.05. The van der Waals surface area contributed by atoms with Gasteiger partial charge in [0.15, 0.2) is 0 Å². The smallest absolute Gasteiger partial charge is 0.258 e. The number of halogens is 1. The molecule has 0 saturated carbocycles. The van der Waals surface area contributed by atoms with Crippen LogP contribution >= 0.6 is 11.6 Å². The number of hydrogen-bond donors (Lipinski definition) is 1. The van der Waals surface area contributed by atoms with Crippen LogP contribution in [0.2, 0.25) is 5.02 Å². The molecule has 1 unspecified atom stereocenters. The van der Waals surface area contributed by atoms with E-state index in [1.807, 2.05) is 42.2 Å². The molecule has 3 aromatic carbocycles. The Balaban J connectivity index is 1.29. The van der Waals surface area contributed by atoms with Crippen molar-refractivity contribution in [2.24, 2.45) is 0 Å². The number of ether oxygens (including phenoxy) is 1. The predicted molar refractivity (Wildman–Crippen MR) is 161 cm³/mol. The Labute approximate surface area is 245 Å². The molecule has 9 heteroatoms. The minimum absolute atomic E-state index is 0.00995. The van der Waals surface area contributed by atoms with Gasteiger partial charge in [-0.2, -0.15) is 0 Å². The van der Waals surface area contributed by atoms with E-state index >= 15 is 0 Å². The Hall–Kier alpha value is -3.72. The van der Waals surface area contributed by atoms with Gasteiger partial charge in [-0.1, -0.05) is 29.8 Å². The maximum atomic E-state index is 13.7. The Kier molecular flexibility index (Phi) is 9.03. The number of anilines is 2. The predicted octanol–water partition coefficient (Wildman–Crippen LogP) is 5.17. The van der Waals surface area contributed by atoms with Gasteiger partial charge in [-0.25, -0.2) is 0 Å². The first-order valence-electron chi connectivity index (χ1n) is 14.0. The monoisotopic (exact) mass is 574 g/mol. The fourth-order valence-corrected chi connectivity index (χ4v) is 5.50. The van der Waals surface area contributed by atoms with Crippen molar-refractivity contribution in [3.8, 4) is 0 Å². The Morgan fingerprint density at radius 3 is 2.41 bits per heavy atom. The first kappa shape index (κ1) is 28.8. The number of nitrogens with one attached hydrogen (secondary N) is 1. The molecule has 1 atom stereocenters. The number of carbonyl (C=O) groups is 3. The molecular formula is C32H35ClN4O4. The second kappa shape index (κ2) is 12.9. The molecule has 1 saturated heterocycles. The van der Waals surface area contributed by atoms with E-state index in [9.17, 15) is 14.4 Å². The molecule has 214 valence electrons. The lowest BCUT2D eigenvalue weighted by Crippen LogP contribution is -2.48. The molecule has 2 aliphatic heterocycles. The van der Waals surface area contributed by atoms with Gasteiger partial charge in [0.25, 0.3) is 11.8 Å². The lowest BCUT2D eigenvalue weighted by Gasteiger charge is -2.32. The standard InChI is InChI=1S/C32H35ClN4O4/c1-22-6-3-4-7-26(22)31(39)34-25-12-9-23(10-13-25)32(40)37-15-5-8-29(27-20-24(33)11-14-28(27)37)41-21-30(38)36-18-16-35(2)17-19-36/h3-4,6-7,9-14,20,29H,5,8,15-19,21H2,1-2H3,(H,34,39). The number of aryl methyl sites for hydroxylation is 1. The fourth-order valence-electron chi connectivity index (χ4n) is 5.32. The topological polar surface area (TPSA) is 82.2 Å². The molecule has 2 heterocycles. The maximum Gasteiger partial charge on any atom is 0.258 e. The van der Waals surface area contributed by atoms with Gasteiger partial charge in [0, 0.05) is 65.8 Å². The molecule has 0 aliphatic carbocycles. The number of fused-ring (bicyclic) bond motifs is 1. The second-order valence-corrected chi connectivity index (χ2v) is 11.1. The van der Waals surface area contributed by atoms with Gasteiger partial charge in [0.05, 0.1) is 6.10 Å². The lowest BCUT2D eigenvalue weighted by atomic mass is 10.0. The number of rotatable bonds is 6. The van der Waals surface area contributed by atoms with E-state index in [0.29, 0.717) is 54.3 Å². The zero-order chi connectivity index (χ0) is 28.9. The van der Waals surface area contributed by atoms with Crippen molar-refractivity contribution in [1.82, 2.24) is 9.80 Å². The highest BCUT2D eigenvalue weighted by molar-refractivity contribution is 6.30. The molecule has 0 spiro atoms. The summed E-state index contributed by atoms with van der Waals surface area (Å²) in [5.74, 6) is -0.370. The molecule has 3 aromatic rings. The van der Waals surface area contributed by atoms with Crippen LogP contribution in [-0.2, 0) is 9.53 Å². The molecule has 1 fully saturated rings. The van der Waals surface area contributed by atoms with Crippen LogP contribution in [-0.4, -0.2) is 73.9 Å². The zero-order valence-corrected chi connectivity index (χ0v) is 24.2. The van der Waals surface area contributed by atoms with Crippen LogP contribution in [0.3, 0.4) is 0 Å². The summed E-state index contributed by atoms with van der Waals surface area (Å²) in [6.07, 6.45) is 1.02. The first-order valence-corrected chi connectivity index (χ1v) is 14.3. The lowest BCUT2D eigenvalue weighted by molar-refractivity contribution is -0.140. The summed E-state index contributed by atoms with van der Waals surface area (Å²) in [4.78, 5) is 45.0. The van der Waals surface area contributed by atoms with Crippen molar-refractivity contribution in [2.75, 3.05) is 56.6 Å². The average molecular weight is 575 g/mol. The van der Waals surface area contributed by atoms with Crippen molar-refractivity contribution in [3.05, 3.63) is 94.0 Å². The summed E-state index contributed by atoms with van der Waals surface area (Å²) in [6.45, 7) is 5.49. The Morgan fingerprint density at radius 1 is 0.951 bits per heavy atom. The molecule has 5 rings (SSSR count). The minimum atomic E-state index is -0.350. The minimum Gasteiger partial charge on any atom is -0.364 e. The molecule has 0 bridgehead atoms. The van der Waals surface area contributed by atoms with E-state index in [0.717, 1.165) is 29.9 Å². The SMILES string of the molecule is Cc1ccccc1C(=O)Nc1ccc(C(=O)N2CCCC(OCC(=O)N3CCN(C)CC3)c3cc(Cl)ccc32)cc1. The largest absolute Gasteiger partial charge is 0.364 e. The molecular weight excluding hydrogens is 540 g/mol.